The Balaban J connectivity index is 1.03. The maximum absolute atomic E-state index is 2.39. The predicted octanol–water partition coefficient (Wildman–Crippen LogP) is 14.6. The van der Waals surface area contributed by atoms with E-state index in [1.807, 2.05) is 11.3 Å². The van der Waals surface area contributed by atoms with Crippen LogP contribution in [0.15, 0.2) is 194 Å². The van der Waals surface area contributed by atoms with Gasteiger partial charge in [0.05, 0.1) is 11.0 Å². The molecule has 0 fully saturated rings. The number of nitrogens with zero attached hydrogens (tertiary/aromatic N) is 2. The molecule has 0 amide bonds. The van der Waals surface area contributed by atoms with Gasteiger partial charge in [0.1, 0.15) is 0 Å². The Bertz CT molecular complexity index is 3170. The molecule has 3 heteroatoms. The van der Waals surface area contributed by atoms with Crippen molar-refractivity contribution in [3.63, 3.8) is 0 Å². The van der Waals surface area contributed by atoms with Crippen molar-refractivity contribution >= 4 is 91.9 Å². The van der Waals surface area contributed by atoms with Crippen molar-refractivity contribution in [2.24, 2.45) is 0 Å². The fourth-order valence-electron chi connectivity index (χ4n) is 8.25. The average molecular weight is 693 g/mol. The number of anilines is 3. The van der Waals surface area contributed by atoms with Crippen molar-refractivity contribution < 1.29 is 0 Å². The van der Waals surface area contributed by atoms with Crippen LogP contribution in [0.3, 0.4) is 0 Å². The number of para-hydroxylation sites is 3. The molecule has 11 aromatic rings. The molecule has 0 saturated carbocycles. The van der Waals surface area contributed by atoms with Gasteiger partial charge >= 0.3 is 0 Å². The minimum absolute atomic E-state index is 1.14. The number of hydrogen-bond donors (Lipinski definition) is 0. The van der Waals surface area contributed by atoms with Crippen LogP contribution in [0, 0.1) is 0 Å². The summed E-state index contributed by atoms with van der Waals surface area (Å²) in [6.45, 7) is 0. The summed E-state index contributed by atoms with van der Waals surface area (Å²) in [5, 5.41) is 10.2. The highest BCUT2D eigenvalue weighted by molar-refractivity contribution is 7.25. The first-order chi connectivity index (χ1) is 26.3. The Morgan fingerprint density at radius 2 is 0.906 bits per heavy atom. The van der Waals surface area contributed by atoms with Crippen molar-refractivity contribution in [2.75, 3.05) is 4.90 Å². The van der Waals surface area contributed by atoms with Crippen molar-refractivity contribution in [3.05, 3.63) is 194 Å². The van der Waals surface area contributed by atoms with Crippen molar-refractivity contribution in [1.29, 1.82) is 0 Å². The summed E-state index contributed by atoms with van der Waals surface area (Å²) in [7, 11) is 0. The second kappa shape index (κ2) is 11.9. The third-order valence-corrected chi connectivity index (χ3v) is 11.9. The summed E-state index contributed by atoms with van der Waals surface area (Å²) in [6, 6.07) is 70.9. The highest BCUT2D eigenvalue weighted by atomic mass is 32.1. The Labute approximate surface area is 311 Å². The molecule has 0 unspecified atom stereocenters. The van der Waals surface area contributed by atoms with Crippen LogP contribution >= 0.6 is 11.3 Å². The molecule has 2 heterocycles. The van der Waals surface area contributed by atoms with Crippen LogP contribution in [0.4, 0.5) is 17.1 Å². The topological polar surface area (TPSA) is 8.17 Å². The Hall–Kier alpha value is -6.68. The van der Waals surface area contributed by atoms with E-state index < -0.39 is 0 Å². The second-order valence-electron chi connectivity index (χ2n) is 13.8. The fraction of sp³-hybridized carbons (Fsp3) is 0. The van der Waals surface area contributed by atoms with E-state index in [0.717, 1.165) is 17.1 Å². The van der Waals surface area contributed by atoms with Gasteiger partial charge in [0.25, 0.3) is 0 Å². The highest BCUT2D eigenvalue weighted by Gasteiger charge is 2.17. The molecule has 0 radical (unpaired) electrons. The van der Waals surface area contributed by atoms with E-state index in [-0.39, 0.29) is 0 Å². The summed E-state index contributed by atoms with van der Waals surface area (Å²) in [4.78, 5) is 2.38. The first-order valence-electron chi connectivity index (χ1n) is 18.1. The molecule has 2 nitrogen and oxygen atoms in total. The van der Waals surface area contributed by atoms with Gasteiger partial charge in [-0.3, -0.25) is 0 Å². The Morgan fingerprint density at radius 3 is 1.74 bits per heavy atom. The largest absolute Gasteiger partial charge is 0.310 e. The first kappa shape index (κ1) is 30.0. The molecule has 0 aliphatic rings. The molecular weight excluding hydrogens is 661 g/mol. The van der Waals surface area contributed by atoms with E-state index in [9.17, 15) is 0 Å². The maximum Gasteiger partial charge on any atom is 0.0547 e. The zero-order valence-electron chi connectivity index (χ0n) is 28.8. The monoisotopic (exact) mass is 692 g/mol. The molecule has 248 valence electrons. The van der Waals surface area contributed by atoms with E-state index in [2.05, 4.69) is 204 Å². The number of fused-ring (bicyclic) bond motifs is 9. The Kier molecular flexibility index (Phi) is 6.76. The van der Waals surface area contributed by atoms with Crippen molar-refractivity contribution in [1.82, 2.24) is 4.57 Å². The molecule has 53 heavy (non-hydrogen) atoms. The van der Waals surface area contributed by atoms with Crippen molar-refractivity contribution in [3.8, 4) is 16.8 Å². The van der Waals surface area contributed by atoms with Crippen LogP contribution in [0.1, 0.15) is 0 Å². The predicted molar refractivity (Wildman–Crippen MR) is 229 cm³/mol. The Morgan fingerprint density at radius 1 is 0.340 bits per heavy atom. The van der Waals surface area contributed by atoms with Gasteiger partial charge in [0.15, 0.2) is 0 Å². The third kappa shape index (κ3) is 4.86. The quantitative estimate of drug-likeness (QED) is 0.163. The second-order valence-corrected chi connectivity index (χ2v) is 14.9. The van der Waals surface area contributed by atoms with Crippen LogP contribution in [-0.4, -0.2) is 4.57 Å². The van der Waals surface area contributed by atoms with Crippen LogP contribution in [0.5, 0.6) is 0 Å². The summed E-state index contributed by atoms with van der Waals surface area (Å²) < 4.78 is 4.97. The standard InChI is InChI=1S/C50H32N2S/c1-3-12-37(13-4-1)51(39-23-27-42-36(29-39)20-19-33-11-7-8-16-41(33)42)40-24-28-46-45-26-22-35(31-49(45)53-50(46)32-40)34-21-25-44-43-17-9-10-18-47(43)52(48(44)30-34)38-14-5-2-6-15-38/h1-32H. The van der Waals surface area contributed by atoms with Gasteiger partial charge in [0.2, 0.25) is 0 Å². The SMILES string of the molecule is c1ccc(N(c2ccc3c(ccc4ccccc43)c2)c2ccc3c(c2)sc2cc(-c4ccc5c6ccccc6n(-c6ccccc6)c5c4)ccc23)cc1. The molecule has 0 atom stereocenters. The van der Waals surface area contributed by atoms with E-state index in [4.69, 9.17) is 0 Å². The molecule has 9 aromatic carbocycles. The minimum Gasteiger partial charge on any atom is -0.310 e. The molecule has 0 saturated heterocycles. The van der Waals surface area contributed by atoms with E-state index in [0.29, 0.717) is 0 Å². The smallest absolute Gasteiger partial charge is 0.0547 e. The molecule has 0 aliphatic carbocycles. The number of thiophene rings is 1. The zero-order chi connectivity index (χ0) is 34.9. The van der Waals surface area contributed by atoms with Gasteiger partial charge in [-0.25, -0.2) is 0 Å². The minimum atomic E-state index is 1.14. The molecule has 0 N–H and O–H groups in total. The first-order valence-corrected chi connectivity index (χ1v) is 18.9. The van der Waals surface area contributed by atoms with Gasteiger partial charge in [-0.1, -0.05) is 127 Å². The lowest BCUT2D eigenvalue weighted by molar-refractivity contribution is 1.18. The van der Waals surface area contributed by atoms with Gasteiger partial charge in [-0.15, -0.1) is 11.3 Å². The summed E-state index contributed by atoms with van der Waals surface area (Å²) in [6.07, 6.45) is 0. The van der Waals surface area contributed by atoms with E-state index in [1.165, 1.54) is 80.3 Å². The zero-order valence-corrected chi connectivity index (χ0v) is 29.6. The lowest BCUT2D eigenvalue weighted by atomic mass is 10.0. The molecule has 0 aliphatic heterocycles. The lowest BCUT2D eigenvalue weighted by Gasteiger charge is -2.26. The molecule has 0 bridgehead atoms. The summed E-state index contributed by atoms with van der Waals surface area (Å²) in [5.74, 6) is 0. The molecular formula is C50H32N2S. The number of rotatable bonds is 5. The molecule has 0 spiro atoms. The molecule has 2 aromatic heterocycles. The van der Waals surface area contributed by atoms with Gasteiger partial charge in [-0.05, 0) is 99.4 Å². The van der Waals surface area contributed by atoms with Crippen LogP contribution in [0.2, 0.25) is 0 Å². The van der Waals surface area contributed by atoms with Crippen molar-refractivity contribution in [2.45, 2.75) is 0 Å². The average Bonchev–Trinajstić information content (AvgIpc) is 3.76. The normalized spacial score (nSPS) is 11.8. The number of aromatic nitrogens is 1. The highest BCUT2D eigenvalue weighted by Crippen LogP contribution is 2.43. The van der Waals surface area contributed by atoms with Crippen LogP contribution in [0.25, 0.3) is 80.3 Å². The number of benzene rings is 9. The summed E-state index contributed by atoms with van der Waals surface area (Å²) in [5.41, 5.74) is 9.50. The van der Waals surface area contributed by atoms with Gasteiger partial charge in [-0.2, -0.15) is 0 Å². The van der Waals surface area contributed by atoms with Gasteiger partial charge < -0.3 is 9.47 Å². The van der Waals surface area contributed by atoms with Crippen LogP contribution < -0.4 is 4.90 Å². The van der Waals surface area contributed by atoms with E-state index in [1.54, 1.807) is 0 Å². The fourth-order valence-corrected chi connectivity index (χ4v) is 9.43. The van der Waals surface area contributed by atoms with Crippen LogP contribution in [-0.2, 0) is 0 Å². The van der Waals surface area contributed by atoms with Gasteiger partial charge in [0, 0.05) is 53.7 Å². The third-order valence-electron chi connectivity index (χ3n) is 10.7. The summed E-state index contributed by atoms with van der Waals surface area (Å²) >= 11 is 1.87. The van der Waals surface area contributed by atoms with E-state index >= 15 is 0 Å². The maximum atomic E-state index is 2.39. The number of hydrogen-bond acceptors (Lipinski definition) is 2. The molecule has 11 rings (SSSR count). The lowest BCUT2D eigenvalue weighted by Crippen LogP contribution is -2.09.